The van der Waals surface area contributed by atoms with Crippen LogP contribution in [0.5, 0.6) is 0 Å². The molecule has 0 fully saturated rings. The number of nitrogen functional groups attached to an aromatic ring is 1. The van der Waals surface area contributed by atoms with Gasteiger partial charge in [-0.25, -0.2) is 5.84 Å². The van der Waals surface area contributed by atoms with Crippen LogP contribution in [-0.4, -0.2) is 11.7 Å². The van der Waals surface area contributed by atoms with E-state index in [1.807, 2.05) is 25.1 Å². The summed E-state index contributed by atoms with van der Waals surface area (Å²) in [5.41, 5.74) is 9.81. The third kappa shape index (κ3) is 3.81. The number of hydrogen-bond acceptors (Lipinski definition) is 4. The number of aryl methyl sites for hydroxylation is 1. The number of rotatable bonds is 4. The molecule has 0 spiro atoms. The van der Waals surface area contributed by atoms with E-state index in [2.05, 4.69) is 5.43 Å². The molecule has 0 saturated carbocycles. The fourth-order valence-electron chi connectivity index (χ4n) is 1.13. The van der Waals surface area contributed by atoms with E-state index in [-0.39, 0.29) is 5.91 Å². The summed E-state index contributed by atoms with van der Waals surface area (Å²) in [4.78, 5) is 11.9. The molecule has 0 aliphatic heterocycles. The van der Waals surface area contributed by atoms with Crippen molar-refractivity contribution in [3.63, 3.8) is 0 Å². The third-order valence-corrected chi connectivity index (χ3v) is 3.00. The van der Waals surface area contributed by atoms with Crippen LogP contribution in [-0.2, 0) is 4.79 Å². The normalized spacial score (nSPS) is 10.0. The van der Waals surface area contributed by atoms with Gasteiger partial charge in [0, 0.05) is 22.8 Å². The first-order valence-corrected chi connectivity index (χ1v) is 5.60. The lowest BCUT2D eigenvalue weighted by molar-refractivity contribution is -0.120. The van der Waals surface area contributed by atoms with Gasteiger partial charge in [0.25, 0.3) is 0 Å². The van der Waals surface area contributed by atoms with Gasteiger partial charge in [0.15, 0.2) is 0 Å². The predicted molar refractivity (Wildman–Crippen MR) is 63.3 cm³/mol. The van der Waals surface area contributed by atoms with E-state index in [4.69, 9.17) is 11.6 Å². The molecule has 0 aromatic heterocycles. The quantitative estimate of drug-likeness (QED) is 0.235. The Kier molecular flexibility index (Phi) is 4.45. The molecule has 5 N–H and O–H groups in total. The van der Waals surface area contributed by atoms with E-state index in [9.17, 15) is 4.79 Å². The lowest BCUT2D eigenvalue weighted by Crippen LogP contribution is -2.30. The van der Waals surface area contributed by atoms with Gasteiger partial charge in [0.2, 0.25) is 5.91 Å². The number of nitrogens with two attached hydrogens (primary N) is 2. The Bertz CT molecular complexity index is 355. The van der Waals surface area contributed by atoms with Crippen molar-refractivity contribution in [2.75, 3.05) is 11.5 Å². The number of thioether (sulfide) groups is 1. The van der Waals surface area contributed by atoms with Crippen molar-refractivity contribution in [3.05, 3.63) is 23.8 Å². The highest BCUT2D eigenvalue weighted by molar-refractivity contribution is 7.99. The molecule has 0 atom stereocenters. The smallest absolute Gasteiger partial charge is 0.234 e. The summed E-state index contributed by atoms with van der Waals surface area (Å²) in [7, 11) is 0. The van der Waals surface area contributed by atoms with Crippen molar-refractivity contribution in [2.45, 2.75) is 18.2 Å². The average molecular weight is 225 g/mol. The number of carbonyl (C=O) groups excluding carboxylic acids is 1. The highest BCUT2D eigenvalue weighted by Gasteiger charge is 2.02. The van der Waals surface area contributed by atoms with Crippen molar-refractivity contribution in [3.8, 4) is 0 Å². The molecule has 0 bridgehead atoms. The van der Waals surface area contributed by atoms with Crippen LogP contribution in [0.2, 0.25) is 0 Å². The van der Waals surface area contributed by atoms with Gasteiger partial charge >= 0.3 is 0 Å². The predicted octanol–water partition coefficient (Wildman–Crippen LogP) is 1.05. The second-order valence-electron chi connectivity index (χ2n) is 3.21. The van der Waals surface area contributed by atoms with Crippen molar-refractivity contribution < 1.29 is 4.79 Å². The first-order valence-electron chi connectivity index (χ1n) is 4.62. The summed E-state index contributed by atoms with van der Waals surface area (Å²) in [6.45, 7) is 1.99. The second kappa shape index (κ2) is 5.63. The first kappa shape index (κ1) is 11.9. The van der Waals surface area contributed by atoms with Crippen molar-refractivity contribution in [2.24, 2.45) is 5.84 Å². The molecule has 15 heavy (non-hydrogen) atoms. The average Bonchev–Trinajstić information content (AvgIpc) is 2.21. The van der Waals surface area contributed by atoms with Gasteiger partial charge in [-0.15, -0.1) is 11.8 Å². The van der Waals surface area contributed by atoms with Crippen molar-refractivity contribution in [1.82, 2.24) is 5.43 Å². The molecule has 0 saturated heterocycles. The molecule has 82 valence electrons. The maximum atomic E-state index is 10.9. The minimum Gasteiger partial charge on any atom is -0.398 e. The number of anilines is 1. The molecule has 1 amide bonds. The molecule has 0 heterocycles. The number of nitrogens with one attached hydrogen (secondary N) is 1. The summed E-state index contributed by atoms with van der Waals surface area (Å²) >= 11 is 1.56. The zero-order valence-electron chi connectivity index (χ0n) is 8.62. The Morgan fingerprint density at radius 2 is 2.27 bits per heavy atom. The fourth-order valence-corrected chi connectivity index (χ4v) is 2.02. The van der Waals surface area contributed by atoms with Gasteiger partial charge in [-0.1, -0.05) is 6.07 Å². The summed E-state index contributed by atoms with van der Waals surface area (Å²) < 4.78 is 0. The van der Waals surface area contributed by atoms with E-state index >= 15 is 0 Å². The number of amides is 1. The van der Waals surface area contributed by atoms with Crippen LogP contribution >= 0.6 is 11.8 Å². The molecule has 5 heteroatoms. The summed E-state index contributed by atoms with van der Waals surface area (Å²) in [6, 6.07) is 5.89. The lowest BCUT2D eigenvalue weighted by Gasteiger charge is -2.05. The Morgan fingerprint density at radius 1 is 1.53 bits per heavy atom. The van der Waals surface area contributed by atoms with Crippen LogP contribution in [0.25, 0.3) is 0 Å². The van der Waals surface area contributed by atoms with Gasteiger partial charge in [-0.05, 0) is 24.6 Å². The van der Waals surface area contributed by atoms with Crippen LogP contribution in [0.4, 0.5) is 5.69 Å². The lowest BCUT2D eigenvalue weighted by atomic mass is 10.2. The molecule has 0 aliphatic rings. The van der Waals surface area contributed by atoms with Crippen LogP contribution in [0.15, 0.2) is 23.1 Å². The molecule has 0 unspecified atom stereocenters. The monoisotopic (exact) mass is 225 g/mol. The standard InChI is InChI=1S/C10H15N3OS/c1-7-2-3-9(8(11)6-7)15-5-4-10(14)13-12/h2-3,6H,4-5,11-12H2,1H3,(H,13,14). The van der Waals surface area contributed by atoms with E-state index in [1.165, 1.54) is 0 Å². The Morgan fingerprint density at radius 3 is 2.87 bits per heavy atom. The maximum Gasteiger partial charge on any atom is 0.234 e. The topological polar surface area (TPSA) is 81.1 Å². The molecule has 1 rings (SSSR count). The summed E-state index contributed by atoms with van der Waals surface area (Å²) in [6.07, 6.45) is 0.397. The Balaban J connectivity index is 2.47. The summed E-state index contributed by atoms with van der Waals surface area (Å²) in [5, 5.41) is 0. The van der Waals surface area contributed by atoms with E-state index in [0.717, 1.165) is 16.1 Å². The zero-order valence-corrected chi connectivity index (χ0v) is 9.43. The van der Waals surface area contributed by atoms with E-state index < -0.39 is 0 Å². The number of hydrazine groups is 1. The van der Waals surface area contributed by atoms with Gasteiger partial charge in [0.05, 0.1) is 0 Å². The van der Waals surface area contributed by atoms with Crippen LogP contribution < -0.4 is 17.0 Å². The molecule has 0 aliphatic carbocycles. The number of benzene rings is 1. The van der Waals surface area contributed by atoms with Crippen LogP contribution in [0.1, 0.15) is 12.0 Å². The highest BCUT2D eigenvalue weighted by Crippen LogP contribution is 2.26. The van der Waals surface area contributed by atoms with Gasteiger partial charge in [-0.3, -0.25) is 10.2 Å². The molecule has 1 aromatic carbocycles. The fraction of sp³-hybridized carbons (Fsp3) is 0.300. The third-order valence-electron chi connectivity index (χ3n) is 1.91. The molecule has 1 aromatic rings. The molecular formula is C10H15N3OS. The summed E-state index contributed by atoms with van der Waals surface area (Å²) in [5.74, 6) is 5.49. The minimum atomic E-state index is -0.159. The Hall–Kier alpha value is -1.20. The zero-order chi connectivity index (χ0) is 11.3. The number of carbonyl (C=O) groups is 1. The van der Waals surface area contributed by atoms with Crippen molar-refractivity contribution in [1.29, 1.82) is 0 Å². The minimum absolute atomic E-state index is 0.159. The van der Waals surface area contributed by atoms with E-state index in [1.54, 1.807) is 11.8 Å². The largest absolute Gasteiger partial charge is 0.398 e. The second-order valence-corrected chi connectivity index (χ2v) is 4.34. The SMILES string of the molecule is Cc1ccc(SCCC(=O)NN)c(N)c1. The van der Waals surface area contributed by atoms with Crippen molar-refractivity contribution >= 4 is 23.4 Å². The Labute approximate surface area is 93.4 Å². The van der Waals surface area contributed by atoms with Crippen LogP contribution in [0.3, 0.4) is 0 Å². The van der Waals surface area contributed by atoms with Gasteiger partial charge in [-0.2, -0.15) is 0 Å². The maximum absolute atomic E-state index is 10.9. The van der Waals surface area contributed by atoms with E-state index in [0.29, 0.717) is 12.2 Å². The molecule has 0 radical (unpaired) electrons. The first-order chi connectivity index (χ1) is 7.13. The van der Waals surface area contributed by atoms with Crippen LogP contribution in [0, 0.1) is 6.92 Å². The molecular weight excluding hydrogens is 210 g/mol. The highest BCUT2D eigenvalue weighted by atomic mass is 32.2. The number of hydrogen-bond donors (Lipinski definition) is 3. The van der Waals surface area contributed by atoms with Gasteiger partial charge in [0.1, 0.15) is 0 Å². The van der Waals surface area contributed by atoms with Gasteiger partial charge < -0.3 is 5.73 Å². The molecule has 4 nitrogen and oxygen atoms in total.